The molecule has 0 saturated carbocycles. The summed E-state index contributed by atoms with van der Waals surface area (Å²) >= 11 is 1.66. The van der Waals surface area contributed by atoms with E-state index in [9.17, 15) is 4.79 Å². The third-order valence-corrected chi connectivity index (χ3v) is 5.68. The number of rotatable bonds is 2. The average molecular weight is 337 g/mol. The highest BCUT2D eigenvalue weighted by Gasteiger charge is 2.28. The van der Waals surface area contributed by atoms with E-state index in [4.69, 9.17) is 4.42 Å². The van der Waals surface area contributed by atoms with Crippen molar-refractivity contribution < 1.29 is 9.21 Å². The van der Waals surface area contributed by atoms with E-state index in [1.165, 1.54) is 16.0 Å². The first-order valence-electron chi connectivity index (χ1n) is 8.13. The third kappa shape index (κ3) is 2.17. The molecule has 0 fully saturated rings. The maximum atomic E-state index is 11.6. The number of ketones is 1. The first kappa shape index (κ1) is 15.3. The molecule has 0 bridgehead atoms. The SMILES string of the molecule is CCN1/C(=C/C(C)=O)Sc2ccc3oc4cc(C)c(C)cc4c3c21. The molecular weight excluding hydrogens is 318 g/mol. The maximum Gasteiger partial charge on any atom is 0.155 e. The second-order valence-electron chi connectivity index (χ2n) is 6.26. The molecule has 0 spiro atoms. The lowest BCUT2D eigenvalue weighted by atomic mass is 10.0. The van der Waals surface area contributed by atoms with Crippen molar-refractivity contribution in [1.29, 1.82) is 0 Å². The van der Waals surface area contributed by atoms with Gasteiger partial charge in [-0.3, -0.25) is 4.79 Å². The zero-order valence-electron chi connectivity index (χ0n) is 14.3. The molecule has 24 heavy (non-hydrogen) atoms. The summed E-state index contributed by atoms with van der Waals surface area (Å²) in [6, 6.07) is 8.45. The van der Waals surface area contributed by atoms with E-state index in [0.29, 0.717) is 0 Å². The van der Waals surface area contributed by atoms with E-state index in [1.54, 1.807) is 24.8 Å². The van der Waals surface area contributed by atoms with Crippen LogP contribution >= 0.6 is 11.8 Å². The molecule has 0 radical (unpaired) electrons. The van der Waals surface area contributed by atoms with Crippen LogP contribution in [0.2, 0.25) is 0 Å². The summed E-state index contributed by atoms with van der Waals surface area (Å²) in [6.45, 7) is 8.76. The standard InChI is InChI=1S/C20H19NO2S/c1-5-21-18(10-13(4)22)24-17-7-6-15-19(20(17)21)14-8-11(2)12(3)9-16(14)23-15/h6-10H,5H2,1-4H3/b18-10-. The van der Waals surface area contributed by atoms with Gasteiger partial charge >= 0.3 is 0 Å². The van der Waals surface area contributed by atoms with Gasteiger partial charge in [0.1, 0.15) is 11.2 Å². The lowest BCUT2D eigenvalue weighted by Gasteiger charge is -2.18. The molecule has 3 aromatic rings. The highest BCUT2D eigenvalue weighted by atomic mass is 32.2. The van der Waals surface area contributed by atoms with E-state index in [0.717, 1.165) is 39.2 Å². The highest BCUT2D eigenvalue weighted by molar-refractivity contribution is 8.03. The van der Waals surface area contributed by atoms with E-state index in [1.807, 2.05) is 6.07 Å². The van der Waals surface area contributed by atoms with Gasteiger partial charge in [0.05, 0.1) is 16.1 Å². The van der Waals surface area contributed by atoms with Gasteiger partial charge in [0.2, 0.25) is 0 Å². The van der Waals surface area contributed by atoms with E-state index in [2.05, 4.69) is 43.9 Å². The minimum absolute atomic E-state index is 0.0727. The van der Waals surface area contributed by atoms with Crippen LogP contribution in [0.1, 0.15) is 25.0 Å². The summed E-state index contributed by atoms with van der Waals surface area (Å²) in [7, 11) is 0. The van der Waals surface area contributed by atoms with Crippen molar-refractivity contribution in [2.24, 2.45) is 0 Å². The Hall–Kier alpha value is -2.20. The molecule has 2 aromatic carbocycles. The summed E-state index contributed by atoms with van der Waals surface area (Å²) in [4.78, 5) is 15.0. The van der Waals surface area contributed by atoms with Crippen LogP contribution in [-0.4, -0.2) is 12.3 Å². The van der Waals surface area contributed by atoms with Gasteiger partial charge < -0.3 is 9.32 Å². The van der Waals surface area contributed by atoms with E-state index in [-0.39, 0.29) is 5.78 Å². The number of nitrogens with zero attached hydrogens (tertiary/aromatic N) is 1. The largest absolute Gasteiger partial charge is 0.456 e. The lowest BCUT2D eigenvalue weighted by Crippen LogP contribution is -2.17. The monoisotopic (exact) mass is 337 g/mol. The van der Waals surface area contributed by atoms with E-state index < -0.39 is 0 Å². The van der Waals surface area contributed by atoms with Crippen molar-refractivity contribution in [1.82, 2.24) is 0 Å². The third-order valence-electron chi connectivity index (χ3n) is 4.58. The Morgan fingerprint density at radius 2 is 1.96 bits per heavy atom. The molecule has 0 unspecified atom stereocenters. The van der Waals surface area contributed by atoms with Crippen LogP contribution < -0.4 is 4.90 Å². The van der Waals surface area contributed by atoms with Crippen molar-refractivity contribution in [3.05, 3.63) is 46.5 Å². The van der Waals surface area contributed by atoms with Crippen LogP contribution in [0.3, 0.4) is 0 Å². The minimum atomic E-state index is 0.0727. The molecule has 2 heterocycles. The number of hydrogen-bond donors (Lipinski definition) is 0. The second kappa shape index (κ2) is 5.42. The molecule has 1 aromatic heterocycles. The Balaban J connectivity index is 2.06. The van der Waals surface area contributed by atoms with Crippen LogP contribution in [0, 0.1) is 13.8 Å². The topological polar surface area (TPSA) is 33.5 Å². The fourth-order valence-electron chi connectivity index (χ4n) is 3.31. The number of benzene rings is 2. The Morgan fingerprint density at radius 3 is 2.67 bits per heavy atom. The van der Waals surface area contributed by atoms with Crippen LogP contribution in [0.25, 0.3) is 21.9 Å². The number of carbonyl (C=O) groups is 1. The first-order chi connectivity index (χ1) is 11.5. The molecule has 0 atom stereocenters. The van der Waals surface area contributed by atoms with Gasteiger partial charge in [-0.15, -0.1) is 0 Å². The summed E-state index contributed by atoms with van der Waals surface area (Å²) in [6.07, 6.45) is 1.72. The summed E-state index contributed by atoms with van der Waals surface area (Å²) in [5, 5.41) is 3.28. The van der Waals surface area contributed by atoms with Gasteiger partial charge in [0, 0.05) is 22.9 Å². The normalized spacial score (nSPS) is 15.7. The van der Waals surface area contributed by atoms with Crippen molar-refractivity contribution in [3.8, 4) is 0 Å². The zero-order valence-corrected chi connectivity index (χ0v) is 15.1. The Labute approximate surface area is 145 Å². The molecule has 0 N–H and O–H groups in total. The first-order valence-corrected chi connectivity index (χ1v) is 8.95. The number of carbonyl (C=O) groups excluding carboxylic acids is 1. The average Bonchev–Trinajstić information content (AvgIpc) is 3.04. The fraction of sp³-hybridized carbons (Fsp3) is 0.250. The number of allylic oxidation sites excluding steroid dienone is 1. The lowest BCUT2D eigenvalue weighted by molar-refractivity contribution is -0.112. The zero-order chi connectivity index (χ0) is 17.0. The molecular formula is C20H19NO2S. The predicted octanol–water partition coefficient (Wildman–Crippen LogP) is 5.57. The quantitative estimate of drug-likeness (QED) is 0.573. The van der Waals surface area contributed by atoms with Gasteiger partial charge in [-0.1, -0.05) is 11.8 Å². The number of furan rings is 1. The number of aryl methyl sites for hydroxylation is 2. The number of thioether (sulfide) groups is 1. The Kier molecular flexibility index (Phi) is 3.46. The number of hydrogen-bond acceptors (Lipinski definition) is 4. The molecule has 4 rings (SSSR count). The minimum Gasteiger partial charge on any atom is -0.456 e. The van der Waals surface area contributed by atoms with Crippen LogP contribution in [0.5, 0.6) is 0 Å². The summed E-state index contributed by atoms with van der Waals surface area (Å²) < 4.78 is 6.10. The summed E-state index contributed by atoms with van der Waals surface area (Å²) in [5.41, 5.74) is 5.48. The molecule has 0 amide bonds. The Morgan fingerprint density at radius 1 is 1.21 bits per heavy atom. The fourth-order valence-corrected chi connectivity index (χ4v) is 4.54. The molecule has 0 aliphatic carbocycles. The maximum absolute atomic E-state index is 11.6. The molecule has 4 heteroatoms. The number of fused-ring (bicyclic) bond motifs is 5. The second-order valence-corrected chi connectivity index (χ2v) is 7.32. The molecule has 3 nitrogen and oxygen atoms in total. The smallest absolute Gasteiger partial charge is 0.155 e. The molecule has 1 aliphatic heterocycles. The van der Waals surface area contributed by atoms with Gasteiger partial charge in [0.15, 0.2) is 5.78 Å². The van der Waals surface area contributed by atoms with Crippen LogP contribution in [0.15, 0.2) is 44.7 Å². The van der Waals surface area contributed by atoms with Gasteiger partial charge in [0.25, 0.3) is 0 Å². The van der Waals surface area contributed by atoms with Crippen molar-refractivity contribution >= 4 is 45.2 Å². The van der Waals surface area contributed by atoms with Crippen LogP contribution in [0.4, 0.5) is 5.69 Å². The van der Waals surface area contributed by atoms with Crippen molar-refractivity contribution in [2.45, 2.75) is 32.6 Å². The number of anilines is 1. The highest BCUT2D eigenvalue weighted by Crippen LogP contribution is 2.51. The molecule has 0 saturated heterocycles. The van der Waals surface area contributed by atoms with E-state index >= 15 is 0 Å². The van der Waals surface area contributed by atoms with Gasteiger partial charge in [-0.05, 0) is 63.1 Å². The Bertz CT molecular complexity index is 1030. The van der Waals surface area contributed by atoms with Gasteiger partial charge in [-0.2, -0.15) is 0 Å². The summed E-state index contributed by atoms with van der Waals surface area (Å²) in [5.74, 6) is 0.0727. The van der Waals surface area contributed by atoms with Gasteiger partial charge in [-0.25, -0.2) is 0 Å². The molecule has 1 aliphatic rings. The van der Waals surface area contributed by atoms with Crippen molar-refractivity contribution in [3.63, 3.8) is 0 Å². The predicted molar refractivity (Wildman–Crippen MR) is 101 cm³/mol. The van der Waals surface area contributed by atoms with Crippen LogP contribution in [-0.2, 0) is 4.79 Å². The van der Waals surface area contributed by atoms with Crippen molar-refractivity contribution in [2.75, 3.05) is 11.4 Å². The molecule has 122 valence electrons.